The Balaban J connectivity index is 1.86. The van der Waals surface area contributed by atoms with Gasteiger partial charge in [0.15, 0.2) is 0 Å². The van der Waals surface area contributed by atoms with Crippen LogP contribution in [0.4, 0.5) is 5.82 Å². The lowest BCUT2D eigenvalue weighted by atomic mass is 9.71. The number of aliphatic hydroxyl groups excluding tert-OH is 1. The van der Waals surface area contributed by atoms with Crippen molar-refractivity contribution in [1.29, 1.82) is 0 Å². The molecule has 3 rings (SSSR count). The van der Waals surface area contributed by atoms with Crippen LogP contribution in [-0.2, 0) is 4.79 Å². The molecule has 1 aromatic rings. The Morgan fingerprint density at radius 2 is 2.25 bits per heavy atom. The molecule has 0 unspecified atom stereocenters. The number of amides is 2. The van der Waals surface area contributed by atoms with E-state index < -0.39 is 11.5 Å². The van der Waals surface area contributed by atoms with Crippen LogP contribution in [0.1, 0.15) is 29.8 Å². The average molecular weight is 333 g/mol. The third kappa shape index (κ3) is 2.82. The molecule has 0 saturated carbocycles. The molecule has 2 aliphatic rings. The number of hydrogen-bond acceptors (Lipinski definition) is 6. The summed E-state index contributed by atoms with van der Waals surface area (Å²) in [6.45, 7) is 1.61. The quantitative estimate of drug-likeness (QED) is 0.767. The second-order valence-electron chi connectivity index (χ2n) is 6.70. The summed E-state index contributed by atoms with van der Waals surface area (Å²) in [7, 11) is 3.32. The molecule has 2 atom stereocenters. The Bertz CT molecular complexity index is 650. The molecule has 2 N–H and O–H groups in total. The monoisotopic (exact) mass is 333 g/mol. The SMILES string of the molecule is CN(C)C(=O)c1cncc(N2CC[C@@H](O)[C@@]3(CCCNC3=O)C2)n1. The maximum absolute atomic E-state index is 12.4. The van der Waals surface area contributed by atoms with Crippen LogP contribution in [0.5, 0.6) is 0 Å². The Kier molecular flexibility index (Phi) is 4.40. The first kappa shape index (κ1) is 16.6. The highest BCUT2D eigenvalue weighted by molar-refractivity contribution is 5.92. The minimum atomic E-state index is -0.806. The number of carbonyl (C=O) groups excluding carboxylic acids is 2. The van der Waals surface area contributed by atoms with E-state index in [4.69, 9.17) is 0 Å². The fourth-order valence-corrected chi connectivity index (χ4v) is 3.48. The summed E-state index contributed by atoms with van der Waals surface area (Å²) in [5, 5.41) is 13.3. The molecule has 2 amide bonds. The number of nitrogens with zero attached hydrogens (tertiary/aromatic N) is 4. The van der Waals surface area contributed by atoms with Gasteiger partial charge in [-0.15, -0.1) is 0 Å². The first-order valence-electron chi connectivity index (χ1n) is 8.19. The van der Waals surface area contributed by atoms with Crippen molar-refractivity contribution in [3.05, 3.63) is 18.1 Å². The van der Waals surface area contributed by atoms with E-state index in [0.717, 1.165) is 6.42 Å². The Morgan fingerprint density at radius 3 is 2.96 bits per heavy atom. The number of aromatic nitrogens is 2. The molecule has 130 valence electrons. The van der Waals surface area contributed by atoms with Gasteiger partial charge in [0.1, 0.15) is 11.5 Å². The van der Waals surface area contributed by atoms with E-state index in [9.17, 15) is 14.7 Å². The summed E-state index contributed by atoms with van der Waals surface area (Å²) in [6.07, 6.45) is 4.36. The zero-order chi connectivity index (χ0) is 17.3. The fraction of sp³-hybridized carbons (Fsp3) is 0.625. The van der Waals surface area contributed by atoms with Gasteiger partial charge in [0.25, 0.3) is 5.91 Å². The van der Waals surface area contributed by atoms with Crippen molar-refractivity contribution in [1.82, 2.24) is 20.2 Å². The van der Waals surface area contributed by atoms with E-state index in [1.54, 1.807) is 20.3 Å². The molecule has 2 saturated heterocycles. The summed E-state index contributed by atoms with van der Waals surface area (Å²) < 4.78 is 0. The van der Waals surface area contributed by atoms with E-state index >= 15 is 0 Å². The van der Waals surface area contributed by atoms with Gasteiger partial charge in [-0.25, -0.2) is 4.98 Å². The Labute approximate surface area is 140 Å². The van der Waals surface area contributed by atoms with E-state index in [-0.39, 0.29) is 17.5 Å². The predicted molar refractivity (Wildman–Crippen MR) is 87.6 cm³/mol. The predicted octanol–water partition coefficient (Wildman–Crippen LogP) is -0.354. The molecule has 8 heteroatoms. The number of carbonyl (C=O) groups is 2. The molecule has 1 aromatic heterocycles. The van der Waals surface area contributed by atoms with Gasteiger partial charge < -0.3 is 20.2 Å². The van der Waals surface area contributed by atoms with Crippen molar-refractivity contribution in [3.8, 4) is 0 Å². The number of aliphatic hydroxyl groups is 1. The zero-order valence-electron chi connectivity index (χ0n) is 14.0. The van der Waals surface area contributed by atoms with Crippen molar-refractivity contribution in [3.63, 3.8) is 0 Å². The number of hydrogen-bond donors (Lipinski definition) is 2. The standard InChI is InChI=1S/C16H23N5O3/c1-20(2)14(23)11-8-17-9-13(19-11)21-7-4-12(22)16(10-21)5-3-6-18-15(16)24/h8-9,12,22H,3-7,10H2,1-2H3,(H,18,24)/t12-,16-/m1/s1. The van der Waals surface area contributed by atoms with Gasteiger partial charge in [0, 0.05) is 33.7 Å². The van der Waals surface area contributed by atoms with Gasteiger partial charge in [-0.1, -0.05) is 0 Å². The van der Waals surface area contributed by atoms with E-state index in [0.29, 0.717) is 38.3 Å². The largest absolute Gasteiger partial charge is 0.392 e. The molecule has 8 nitrogen and oxygen atoms in total. The highest BCUT2D eigenvalue weighted by Gasteiger charge is 2.50. The van der Waals surface area contributed by atoms with Crippen molar-refractivity contribution in [2.45, 2.75) is 25.4 Å². The first-order valence-corrected chi connectivity index (χ1v) is 8.19. The van der Waals surface area contributed by atoms with Crippen LogP contribution in [0.3, 0.4) is 0 Å². The lowest BCUT2D eigenvalue weighted by Gasteiger charge is -2.47. The van der Waals surface area contributed by atoms with Crippen LogP contribution in [0.15, 0.2) is 12.4 Å². The third-order valence-corrected chi connectivity index (χ3v) is 4.89. The molecule has 0 aliphatic carbocycles. The molecule has 3 heterocycles. The second-order valence-corrected chi connectivity index (χ2v) is 6.70. The summed E-state index contributed by atoms with van der Waals surface area (Å²) >= 11 is 0. The van der Waals surface area contributed by atoms with Gasteiger partial charge >= 0.3 is 0 Å². The molecule has 0 aromatic carbocycles. The first-order chi connectivity index (χ1) is 11.4. The van der Waals surface area contributed by atoms with Crippen LogP contribution in [0, 0.1) is 5.41 Å². The molecular weight excluding hydrogens is 310 g/mol. The number of piperidine rings is 2. The molecule has 24 heavy (non-hydrogen) atoms. The molecule has 2 aliphatic heterocycles. The topological polar surface area (TPSA) is 98.7 Å². The van der Waals surface area contributed by atoms with Crippen molar-refractivity contribution >= 4 is 17.6 Å². The number of nitrogens with one attached hydrogen (secondary N) is 1. The zero-order valence-corrected chi connectivity index (χ0v) is 14.0. The van der Waals surface area contributed by atoms with Gasteiger partial charge in [-0.05, 0) is 19.3 Å². The minimum Gasteiger partial charge on any atom is -0.392 e. The van der Waals surface area contributed by atoms with E-state index in [2.05, 4.69) is 15.3 Å². The Hall–Kier alpha value is -2.22. The van der Waals surface area contributed by atoms with Crippen LogP contribution in [0.2, 0.25) is 0 Å². The molecule has 0 radical (unpaired) electrons. The van der Waals surface area contributed by atoms with Crippen LogP contribution < -0.4 is 10.2 Å². The van der Waals surface area contributed by atoms with Gasteiger partial charge in [-0.3, -0.25) is 14.6 Å². The summed E-state index contributed by atoms with van der Waals surface area (Å²) in [5.41, 5.74) is -0.537. The minimum absolute atomic E-state index is 0.0977. The fourth-order valence-electron chi connectivity index (χ4n) is 3.48. The van der Waals surface area contributed by atoms with Crippen LogP contribution in [-0.4, -0.2) is 71.6 Å². The van der Waals surface area contributed by atoms with E-state index in [1.807, 2.05) is 4.90 Å². The van der Waals surface area contributed by atoms with Crippen LogP contribution in [0.25, 0.3) is 0 Å². The average Bonchev–Trinajstić information content (AvgIpc) is 2.59. The Morgan fingerprint density at radius 1 is 1.46 bits per heavy atom. The summed E-state index contributed by atoms with van der Waals surface area (Å²) in [5.74, 6) is 0.248. The third-order valence-electron chi connectivity index (χ3n) is 4.89. The van der Waals surface area contributed by atoms with Gasteiger partial charge in [0.05, 0.1) is 23.9 Å². The number of rotatable bonds is 2. The van der Waals surface area contributed by atoms with E-state index in [1.165, 1.54) is 11.1 Å². The lowest BCUT2D eigenvalue weighted by molar-refractivity contribution is -0.142. The molecular formula is C16H23N5O3. The van der Waals surface area contributed by atoms with Crippen molar-refractivity contribution in [2.75, 3.05) is 38.6 Å². The molecule has 0 bridgehead atoms. The highest BCUT2D eigenvalue weighted by Crippen LogP contribution is 2.38. The molecule has 2 fully saturated rings. The van der Waals surface area contributed by atoms with Crippen LogP contribution >= 0.6 is 0 Å². The summed E-state index contributed by atoms with van der Waals surface area (Å²) in [4.78, 5) is 36.4. The maximum atomic E-state index is 12.4. The number of anilines is 1. The van der Waals surface area contributed by atoms with Gasteiger partial charge in [-0.2, -0.15) is 0 Å². The highest BCUT2D eigenvalue weighted by atomic mass is 16.3. The second kappa shape index (κ2) is 6.35. The van der Waals surface area contributed by atoms with Crippen molar-refractivity contribution in [2.24, 2.45) is 5.41 Å². The van der Waals surface area contributed by atoms with Crippen molar-refractivity contribution < 1.29 is 14.7 Å². The molecule has 1 spiro atoms. The normalized spacial score (nSPS) is 27.0. The lowest BCUT2D eigenvalue weighted by Crippen LogP contribution is -2.61. The smallest absolute Gasteiger partial charge is 0.273 e. The van der Waals surface area contributed by atoms with Gasteiger partial charge in [0.2, 0.25) is 5.91 Å². The maximum Gasteiger partial charge on any atom is 0.273 e. The summed E-state index contributed by atoms with van der Waals surface area (Å²) in [6, 6.07) is 0.